The van der Waals surface area contributed by atoms with Crippen molar-refractivity contribution in [2.75, 3.05) is 0 Å². The molecule has 130 valence electrons. The molecule has 1 unspecified atom stereocenters. The molecule has 3 rings (SSSR count). The molecule has 1 saturated carbocycles. The number of carboxylic acid groups (broad SMARTS) is 1. The van der Waals surface area contributed by atoms with Gasteiger partial charge in [-0.3, -0.25) is 4.79 Å². The first-order chi connectivity index (χ1) is 11.6. The van der Waals surface area contributed by atoms with E-state index in [0.717, 1.165) is 25.7 Å². The molecule has 0 saturated heterocycles. The fourth-order valence-electron chi connectivity index (χ4n) is 3.97. The Hall–Kier alpha value is -1.88. The fraction of sp³-hybridized carbons (Fsp3) is 0.579. The van der Waals surface area contributed by atoms with E-state index in [4.69, 9.17) is 0 Å². The quantitative estimate of drug-likeness (QED) is 0.889. The molecule has 2 atom stereocenters. The minimum atomic E-state index is -0.926. The smallest absolute Gasteiger partial charge is 0.326 e. The first kappa shape index (κ1) is 17.0. The number of hydrogen-bond donors (Lipinski definition) is 2. The highest BCUT2D eigenvalue weighted by Crippen LogP contribution is 2.26. The summed E-state index contributed by atoms with van der Waals surface area (Å²) in [6.45, 7) is 2.29. The summed E-state index contributed by atoms with van der Waals surface area (Å²) in [6.07, 6.45) is 5.77. The number of rotatable bonds is 4. The monoisotopic (exact) mass is 330 g/mol. The van der Waals surface area contributed by atoms with E-state index in [1.54, 1.807) is 11.8 Å². The lowest BCUT2D eigenvalue weighted by atomic mass is 9.90. The van der Waals surface area contributed by atoms with Gasteiger partial charge >= 0.3 is 5.97 Å². The number of aliphatic carboxylic acids is 1. The van der Waals surface area contributed by atoms with Gasteiger partial charge in [0, 0.05) is 12.6 Å². The van der Waals surface area contributed by atoms with E-state index in [-0.39, 0.29) is 18.0 Å². The molecule has 2 N–H and O–H groups in total. The minimum absolute atomic E-state index is 0.0521. The summed E-state index contributed by atoms with van der Waals surface area (Å²) < 4.78 is 0. The van der Waals surface area contributed by atoms with Crippen molar-refractivity contribution in [2.45, 2.75) is 70.1 Å². The highest BCUT2D eigenvalue weighted by Gasteiger charge is 2.37. The predicted molar refractivity (Wildman–Crippen MR) is 91.6 cm³/mol. The summed E-state index contributed by atoms with van der Waals surface area (Å²) in [5, 5.41) is 12.8. The lowest BCUT2D eigenvalue weighted by Crippen LogP contribution is -2.57. The summed E-state index contributed by atoms with van der Waals surface area (Å²) in [5.41, 5.74) is 2.40. The molecule has 24 heavy (non-hydrogen) atoms. The number of carbonyl (C=O) groups excluding carboxylic acids is 1. The van der Waals surface area contributed by atoms with E-state index < -0.39 is 12.0 Å². The molecule has 1 aromatic rings. The molecule has 1 aromatic carbocycles. The van der Waals surface area contributed by atoms with Gasteiger partial charge in [0.05, 0.1) is 6.04 Å². The Morgan fingerprint density at radius 3 is 2.50 bits per heavy atom. The minimum Gasteiger partial charge on any atom is -0.480 e. The van der Waals surface area contributed by atoms with Crippen LogP contribution in [-0.2, 0) is 22.6 Å². The van der Waals surface area contributed by atoms with Gasteiger partial charge in [0.2, 0.25) is 5.91 Å². The second-order valence-electron chi connectivity index (χ2n) is 6.96. The summed E-state index contributed by atoms with van der Waals surface area (Å²) >= 11 is 0. The van der Waals surface area contributed by atoms with E-state index >= 15 is 0 Å². The van der Waals surface area contributed by atoms with Crippen LogP contribution < -0.4 is 5.32 Å². The Kier molecular flexibility index (Phi) is 5.19. The van der Waals surface area contributed by atoms with Gasteiger partial charge in [-0.25, -0.2) is 4.79 Å². The third kappa shape index (κ3) is 3.46. The fourth-order valence-corrected chi connectivity index (χ4v) is 3.97. The Bertz CT molecular complexity index is 610. The molecule has 1 aliphatic carbocycles. The van der Waals surface area contributed by atoms with Crippen molar-refractivity contribution in [2.24, 2.45) is 0 Å². The van der Waals surface area contributed by atoms with Crippen LogP contribution in [0.3, 0.4) is 0 Å². The van der Waals surface area contributed by atoms with Gasteiger partial charge in [0.15, 0.2) is 0 Å². The van der Waals surface area contributed by atoms with Gasteiger partial charge < -0.3 is 15.3 Å². The molecule has 0 spiro atoms. The summed E-state index contributed by atoms with van der Waals surface area (Å²) in [6, 6.07) is 7.07. The van der Waals surface area contributed by atoms with Gasteiger partial charge in [-0.05, 0) is 37.3 Å². The second-order valence-corrected chi connectivity index (χ2v) is 6.96. The third-order valence-electron chi connectivity index (χ3n) is 5.38. The molecular formula is C19H26N2O3. The summed E-state index contributed by atoms with van der Waals surface area (Å²) in [4.78, 5) is 26.4. The zero-order chi connectivity index (χ0) is 17.1. The largest absolute Gasteiger partial charge is 0.480 e. The van der Waals surface area contributed by atoms with E-state index in [1.165, 1.54) is 17.5 Å². The molecule has 5 nitrogen and oxygen atoms in total. The highest BCUT2D eigenvalue weighted by molar-refractivity contribution is 5.87. The van der Waals surface area contributed by atoms with Gasteiger partial charge in [-0.15, -0.1) is 0 Å². The van der Waals surface area contributed by atoms with E-state index in [0.29, 0.717) is 13.0 Å². The predicted octanol–water partition coefficient (Wildman–Crippen LogP) is 2.34. The van der Waals surface area contributed by atoms with Crippen LogP contribution in [0.5, 0.6) is 0 Å². The standard InChI is InChI=1S/C19H26N2O3/c1-13(19(23)24)21(16-9-3-2-4-10-16)18(22)17-11-14-7-5-6-8-15(14)12-20-17/h5-8,13,16-17,20H,2-4,9-12H2,1H3,(H,23,24)/t13?,17-/m0/s1. The van der Waals surface area contributed by atoms with Crippen molar-refractivity contribution in [3.8, 4) is 0 Å². The zero-order valence-corrected chi connectivity index (χ0v) is 14.2. The molecule has 0 bridgehead atoms. The Balaban J connectivity index is 1.79. The van der Waals surface area contributed by atoms with Crippen LogP contribution >= 0.6 is 0 Å². The summed E-state index contributed by atoms with van der Waals surface area (Å²) in [5.74, 6) is -0.989. The maximum atomic E-state index is 13.2. The van der Waals surface area contributed by atoms with E-state index in [1.807, 2.05) is 12.1 Å². The Morgan fingerprint density at radius 2 is 1.83 bits per heavy atom. The van der Waals surface area contributed by atoms with Crippen LogP contribution in [0.25, 0.3) is 0 Å². The van der Waals surface area contributed by atoms with Crippen LogP contribution in [0.2, 0.25) is 0 Å². The Labute approximate surface area is 143 Å². The maximum absolute atomic E-state index is 13.2. The maximum Gasteiger partial charge on any atom is 0.326 e. The van der Waals surface area contributed by atoms with Gasteiger partial charge in [-0.2, -0.15) is 0 Å². The van der Waals surface area contributed by atoms with Gasteiger partial charge in [0.1, 0.15) is 6.04 Å². The molecule has 1 aliphatic heterocycles. The zero-order valence-electron chi connectivity index (χ0n) is 14.2. The van der Waals surface area contributed by atoms with Crippen molar-refractivity contribution in [3.05, 3.63) is 35.4 Å². The van der Waals surface area contributed by atoms with Crippen LogP contribution in [0.1, 0.15) is 50.2 Å². The number of carboxylic acids is 1. The average molecular weight is 330 g/mol. The third-order valence-corrected chi connectivity index (χ3v) is 5.38. The number of fused-ring (bicyclic) bond motifs is 1. The van der Waals surface area contributed by atoms with E-state index in [9.17, 15) is 14.7 Å². The number of hydrogen-bond acceptors (Lipinski definition) is 3. The van der Waals surface area contributed by atoms with Gasteiger partial charge in [0.25, 0.3) is 0 Å². The number of nitrogens with zero attached hydrogens (tertiary/aromatic N) is 1. The topological polar surface area (TPSA) is 69.6 Å². The molecule has 0 radical (unpaired) electrons. The molecular weight excluding hydrogens is 304 g/mol. The van der Waals surface area contributed by atoms with Crippen LogP contribution in [0, 0.1) is 0 Å². The molecule has 1 amide bonds. The van der Waals surface area contributed by atoms with Crippen molar-refractivity contribution >= 4 is 11.9 Å². The van der Waals surface area contributed by atoms with E-state index in [2.05, 4.69) is 17.4 Å². The van der Waals surface area contributed by atoms with Crippen molar-refractivity contribution < 1.29 is 14.7 Å². The van der Waals surface area contributed by atoms with Gasteiger partial charge in [-0.1, -0.05) is 43.5 Å². The number of carbonyl (C=O) groups is 2. The number of amides is 1. The first-order valence-electron chi connectivity index (χ1n) is 8.93. The second kappa shape index (κ2) is 7.34. The van der Waals surface area contributed by atoms with Crippen molar-refractivity contribution in [1.82, 2.24) is 10.2 Å². The molecule has 2 aliphatic rings. The normalized spacial score (nSPS) is 22.5. The SMILES string of the molecule is CC(C(=O)O)N(C(=O)[C@@H]1Cc2ccccc2CN1)C1CCCCC1. The molecule has 1 fully saturated rings. The first-order valence-corrected chi connectivity index (χ1v) is 8.93. The van der Waals surface area contributed by atoms with Crippen molar-refractivity contribution in [1.29, 1.82) is 0 Å². The average Bonchev–Trinajstić information content (AvgIpc) is 2.62. The lowest BCUT2D eigenvalue weighted by Gasteiger charge is -2.40. The van der Waals surface area contributed by atoms with Crippen LogP contribution in [-0.4, -0.2) is 40.0 Å². The number of benzene rings is 1. The molecule has 0 aromatic heterocycles. The Morgan fingerprint density at radius 1 is 1.17 bits per heavy atom. The summed E-state index contributed by atoms with van der Waals surface area (Å²) in [7, 11) is 0. The highest BCUT2D eigenvalue weighted by atomic mass is 16.4. The molecule has 5 heteroatoms. The lowest BCUT2D eigenvalue weighted by molar-refractivity contribution is -0.153. The van der Waals surface area contributed by atoms with Crippen molar-refractivity contribution in [3.63, 3.8) is 0 Å². The van der Waals surface area contributed by atoms with Crippen LogP contribution in [0.4, 0.5) is 0 Å². The van der Waals surface area contributed by atoms with Crippen LogP contribution in [0.15, 0.2) is 24.3 Å². The molecule has 1 heterocycles. The number of nitrogens with one attached hydrogen (secondary N) is 1.